The maximum Gasteiger partial charge on any atom is 0.264 e. The number of hydrogen-bond donors (Lipinski definition) is 1. The molecule has 0 radical (unpaired) electrons. The van der Waals surface area contributed by atoms with Gasteiger partial charge in [0.15, 0.2) is 5.60 Å². The Morgan fingerprint density at radius 2 is 2.10 bits per heavy atom. The van der Waals surface area contributed by atoms with Gasteiger partial charge in [0.1, 0.15) is 5.78 Å². The summed E-state index contributed by atoms with van der Waals surface area (Å²) in [5, 5.41) is 11.2. The van der Waals surface area contributed by atoms with Gasteiger partial charge in [0.2, 0.25) is 0 Å². The first-order valence-electron chi connectivity index (χ1n) is 7.10. The Balaban J connectivity index is 2.48. The van der Waals surface area contributed by atoms with Crippen molar-refractivity contribution in [1.29, 1.82) is 0 Å². The number of carbonyl (C=O) groups is 2. The molecule has 0 aliphatic carbocycles. The minimum absolute atomic E-state index is 0.225. The Labute approximate surface area is 129 Å². The highest BCUT2D eigenvalue weighted by atomic mass is 35.5. The molecule has 5 heteroatoms. The van der Waals surface area contributed by atoms with E-state index in [0.29, 0.717) is 28.7 Å². The smallest absolute Gasteiger partial charge is 0.264 e. The van der Waals surface area contributed by atoms with Crippen molar-refractivity contribution in [1.82, 2.24) is 0 Å². The Morgan fingerprint density at radius 1 is 1.43 bits per heavy atom. The van der Waals surface area contributed by atoms with Gasteiger partial charge >= 0.3 is 0 Å². The summed E-state index contributed by atoms with van der Waals surface area (Å²) in [5.41, 5.74) is -0.823. The number of halogens is 1. The fourth-order valence-electron chi connectivity index (χ4n) is 2.70. The number of carbonyl (C=O) groups excluding carboxylic acids is 2. The number of Topliss-reactive ketones (excluding diaryl/α,β-unsaturated/α-hetero) is 1. The third-order valence-corrected chi connectivity index (χ3v) is 4.04. The summed E-state index contributed by atoms with van der Waals surface area (Å²) < 4.78 is 0. The number of anilines is 1. The Hall–Kier alpha value is -1.39. The molecule has 4 nitrogen and oxygen atoms in total. The molecule has 1 aromatic carbocycles. The normalized spacial score (nSPS) is 21.0. The molecule has 0 fully saturated rings. The summed E-state index contributed by atoms with van der Waals surface area (Å²) in [6.07, 6.45) is 0.573. The van der Waals surface area contributed by atoms with Crippen molar-refractivity contribution in [3.63, 3.8) is 0 Å². The van der Waals surface area contributed by atoms with Crippen LogP contribution in [0.2, 0.25) is 5.02 Å². The second kappa shape index (κ2) is 5.78. The zero-order chi connectivity index (χ0) is 15.8. The molecule has 1 aliphatic rings. The van der Waals surface area contributed by atoms with Crippen molar-refractivity contribution in [2.45, 2.75) is 39.2 Å². The molecule has 0 bridgehead atoms. The molecular formula is C16H20ClNO3. The van der Waals surface area contributed by atoms with E-state index in [9.17, 15) is 14.7 Å². The van der Waals surface area contributed by atoms with Crippen LogP contribution in [0.15, 0.2) is 18.2 Å². The molecule has 1 amide bonds. The highest BCUT2D eigenvalue weighted by Gasteiger charge is 2.50. The lowest BCUT2D eigenvalue weighted by molar-refractivity contribution is -0.141. The van der Waals surface area contributed by atoms with Gasteiger partial charge in [0.25, 0.3) is 5.91 Å². The first kappa shape index (κ1) is 16.0. The SMILES string of the molecule is CC(=O)CC1(O)C(=O)N(CCC(C)C)c2c(Cl)cccc21. The van der Waals surface area contributed by atoms with Crippen LogP contribution in [0.4, 0.5) is 5.69 Å². The topological polar surface area (TPSA) is 57.6 Å². The Bertz CT molecular complexity index is 585. The van der Waals surface area contributed by atoms with Crippen molar-refractivity contribution in [2.24, 2.45) is 5.92 Å². The van der Waals surface area contributed by atoms with Crippen LogP contribution in [0.1, 0.15) is 39.2 Å². The second-order valence-corrected chi connectivity index (χ2v) is 6.42. The number of fused-ring (bicyclic) bond motifs is 1. The van der Waals surface area contributed by atoms with Gasteiger partial charge < -0.3 is 10.0 Å². The number of para-hydroxylation sites is 1. The molecular weight excluding hydrogens is 290 g/mol. The fraction of sp³-hybridized carbons (Fsp3) is 0.500. The molecule has 21 heavy (non-hydrogen) atoms. The van der Waals surface area contributed by atoms with Gasteiger partial charge in [-0.25, -0.2) is 0 Å². The van der Waals surface area contributed by atoms with Gasteiger partial charge in [0.05, 0.1) is 10.7 Å². The first-order chi connectivity index (χ1) is 9.77. The van der Waals surface area contributed by atoms with Gasteiger partial charge in [-0.05, 0) is 25.3 Å². The quantitative estimate of drug-likeness (QED) is 0.910. The number of aliphatic hydroxyl groups is 1. The molecule has 2 rings (SSSR count). The average Bonchev–Trinajstić information content (AvgIpc) is 2.58. The van der Waals surface area contributed by atoms with E-state index < -0.39 is 11.5 Å². The van der Waals surface area contributed by atoms with E-state index in [4.69, 9.17) is 11.6 Å². The highest BCUT2D eigenvalue weighted by Crippen LogP contribution is 2.46. The predicted molar refractivity (Wildman–Crippen MR) is 82.5 cm³/mol. The monoisotopic (exact) mass is 309 g/mol. The van der Waals surface area contributed by atoms with Crippen LogP contribution in [0.3, 0.4) is 0 Å². The van der Waals surface area contributed by atoms with E-state index in [2.05, 4.69) is 13.8 Å². The lowest BCUT2D eigenvalue weighted by Crippen LogP contribution is -2.42. The van der Waals surface area contributed by atoms with Gasteiger partial charge in [0, 0.05) is 18.5 Å². The molecule has 1 atom stereocenters. The lowest BCUT2D eigenvalue weighted by Gasteiger charge is -2.22. The van der Waals surface area contributed by atoms with Crippen LogP contribution in [0.5, 0.6) is 0 Å². The zero-order valence-electron chi connectivity index (χ0n) is 12.5. The number of nitrogens with zero attached hydrogens (tertiary/aromatic N) is 1. The number of amides is 1. The summed E-state index contributed by atoms with van der Waals surface area (Å²) in [4.78, 5) is 25.6. The maximum atomic E-state index is 12.6. The standard InChI is InChI=1S/C16H20ClNO3/c1-10(2)7-8-18-14-12(5-4-6-13(14)17)16(21,15(18)20)9-11(3)19/h4-6,10,21H,7-9H2,1-3H3. The highest BCUT2D eigenvalue weighted by molar-refractivity contribution is 6.35. The van der Waals surface area contributed by atoms with E-state index >= 15 is 0 Å². The molecule has 1 heterocycles. The minimum Gasteiger partial charge on any atom is -0.375 e. The first-order valence-corrected chi connectivity index (χ1v) is 7.48. The van der Waals surface area contributed by atoms with Crippen molar-refractivity contribution >= 4 is 29.0 Å². The van der Waals surface area contributed by atoms with E-state index in [1.807, 2.05) is 0 Å². The van der Waals surface area contributed by atoms with Gasteiger partial charge in [-0.3, -0.25) is 9.59 Å². The summed E-state index contributed by atoms with van der Waals surface area (Å²) in [7, 11) is 0. The zero-order valence-corrected chi connectivity index (χ0v) is 13.3. The summed E-state index contributed by atoms with van der Waals surface area (Å²) in [6, 6.07) is 5.04. The second-order valence-electron chi connectivity index (χ2n) is 6.01. The summed E-state index contributed by atoms with van der Waals surface area (Å²) in [5.74, 6) is -0.269. The molecule has 0 aromatic heterocycles. The average molecular weight is 310 g/mol. The van der Waals surface area contributed by atoms with Crippen LogP contribution in [0, 0.1) is 5.92 Å². The van der Waals surface area contributed by atoms with Gasteiger partial charge in [-0.1, -0.05) is 37.6 Å². The summed E-state index contributed by atoms with van der Waals surface area (Å²) in [6.45, 7) is 5.98. The van der Waals surface area contributed by atoms with Crippen molar-refractivity contribution < 1.29 is 14.7 Å². The molecule has 1 aromatic rings. The van der Waals surface area contributed by atoms with Crippen molar-refractivity contribution in [3.05, 3.63) is 28.8 Å². The lowest BCUT2D eigenvalue weighted by atomic mass is 9.90. The number of hydrogen-bond acceptors (Lipinski definition) is 3. The van der Waals surface area contributed by atoms with Gasteiger partial charge in [-0.2, -0.15) is 0 Å². The molecule has 1 unspecified atom stereocenters. The van der Waals surface area contributed by atoms with Crippen LogP contribution in [-0.4, -0.2) is 23.3 Å². The third kappa shape index (κ3) is 2.83. The molecule has 0 spiro atoms. The Morgan fingerprint density at radius 3 is 2.67 bits per heavy atom. The summed E-state index contributed by atoms with van der Waals surface area (Å²) >= 11 is 6.22. The van der Waals surface area contributed by atoms with Crippen LogP contribution in [-0.2, 0) is 15.2 Å². The minimum atomic E-state index is -1.79. The van der Waals surface area contributed by atoms with E-state index in [0.717, 1.165) is 6.42 Å². The van der Waals surface area contributed by atoms with Crippen LogP contribution >= 0.6 is 11.6 Å². The molecule has 0 saturated carbocycles. The van der Waals surface area contributed by atoms with E-state index in [-0.39, 0.29) is 12.2 Å². The number of benzene rings is 1. The molecule has 1 N–H and O–H groups in total. The number of rotatable bonds is 5. The van der Waals surface area contributed by atoms with Crippen LogP contribution in [0.25, 0.3) is 0 Å². The molecule has 114 valence electrons. The van der Waals surface area contributed by atoms with E-state index in [1.165, 1.54) is 11.8 Å². The van der Waals surface area contributed by atoms with E-state index in [1.54, 1.807) is 18.2 Å². The largest absolute Gasteiger partial charge is 0.375 e. The molecule has 0 saturated heterocycles. The van der Waals surface area contributed by atoms with Gasteiger partial charge in [-0.15, -0.1) is 0 Å². The molecule has 1 aliphatic heterocycles. The number of ketones is 1. The van der Waals surface area contributed by atoms with Crippen LogP contribution < -0.4 is 4.90 Å². The fourth-order valence-corrected chi connectivity index (χ4v) is 2.97. The maximum absolute atomic E-state index is 12.6. The predicted octanol–water partition coefficient (Wildman–Crippen LogP) is 2.90. The van der Waals surface area contributed by atoms with Crippen molar-refractivity contribution in [2.75, 3.05) is 11.4 Å². The van der Waals surface area contributed by atoms with Crippen molar-refractivity contribution in [3.8, 4) is 0 Å². The Kier molecular flexibility index (Phi) is 4.40. The third-order valence-electron chi connectivity index (χ3n) is 3.74.